The molecule has 0 fully saturated rings. The Hall–Kier alpha value is -1.59. The van der Waals surface area contributed by atoms with Gasteiger partial charge in [0, 0.05) is 18.8 Å². The lowest BCUT2D eigenvalue weighted by Gasteiger charge is -2.28. The number of amides is 1. The third-order valence-corrected chi connectivity index (χ3v) is 3.96. The van der Waals surface area contributed by atoms with Crippen molar-refractivity contribution < 1.29 is 14.3 Å². The Labute approximate surface area is 152 Å². The van der Waals surface area contributed by atoms with Crippen molar-refractivity contribution >= 4 is 11.6 Å². The van der Waals surface area contributed by atoms with Gasteiger partial charge >= 0.3 is 0 Å². The van der Waals surface area contributed by atoms with Crippen LogP contribution in [0.15, 0.2) is 24.3 Å². The number of carbonyl (C=O) groups excluding carboxylic acids is 1. The van der Waals surface area contributed by atoms with Crippen LogP contribution in [0.5, 0.6) is 5.75 Å². The van der Waals surface area contributed by atoms with Crippen LogP contribution in [0, 0.1) is 0 Å². The molecule has 0 spiro atoms. The van der Waals surface area contributed by atoms with E-state index >= 15 is 0 Å². The standard InChI is InChI=1S/C20H34N2O3/c1-6-13-20(3,25-15-7-2)19(23)21-17-9-11-18(12-10-17)24-16-8-14-22(4)5/h9-12H,6-8,13-16H2,1-5H3,(H,21,23)/t20-/m1/s1. The number of hydrogen-bond acceptors (Lipinski definition) is 4. The molecule has 0 saturated carbocycles. The van der Waals surface area contributed by atoms with Crippen molar-refractivity contribution in [2.24, 2.45) is 0 Å². The number of nitrogens with zero attached hydrogens (tertiary/aromatic N) is 1. The Morgan fingerprint density at radius 3 is 2.36 bits per heavy atom. The van der Waals surface area contributed by atoms with Gasteiger partial charge in [0.25, 0.3) is 5.91 Å². The van der Waals surface area contributed by atoms with E-state index in [9.17, 15) is 4.79 Å². The summed E-state index contributed by atoms with van der Waals surface area (Å²) in [6, 6.07) is 7.50. The Morgan fingerprint density at radius 2 is 1.80 bits per heavy atom. The van der Waals surface area contributed by atoms with E-state index < -0.39 is 5.60 Å². The summed E-state index contributed by atoms with van der Waals surface area (Å²) in [4.78, 5) is 14.8. The van der Waals surface area contributed by atoms with Crippen LogP contribution in [0.4, 0.5) is 5.69 Å². The summed E-state index contributed by atoms with van der Waals surface area (Å²) in [5, 5.41) is 2.96. The molecule has 1 N–H and O–H groups in total. The molecular formula is C20H34N2O3. The zero-order valence-corrected chi connectivity index (χ0v) is 16.4. The molecule has 0 heterocycles. The van der Waals surface area contributed by atoms with Crippen molar-refractivity contribution in [3.63, 3.8) is 0 Å². The molecule has 5 heteroatoms. The fourth-order valence-electron chi connectivity index (χ4n) is 2.52. The second kappa shape index (κ2) is 11.1. The highest BCUT2D eigenvalue weighted by Crippen LogP contribution is 2.22. The van der Waals surface area contributed by atoms with E-state index in [1.807, 2.05) is 52.2 Å². The zero-order chi connectivity index (χ0) is 18.7. The summed E-state index contributed by atoms with van der Waals surface area (Å²) < 4.78 is 11.5. The van der Waals surface area contributed by atoms with E-state index in [1.54, 1.807) is 0 Å². The van der Waals surface area contributed by atoms with Gasteiger partial charge in [-0.25, -0.2) is 0 Å². The highest BCUT2D eigenvalue weighted by Gasteiger charge is 2.33. The molecule has 0 unspecified atom stereocenters. The first-order valence-electron chi connectivity index (χ1n) is 9.24. The first-order valence-corrected chi connectivity index (χ1v) is 9.24. The largest absolute Gasteiger partial charge is 0.494 e. The summed E-state index contributed by atoms with van der Waals surface area (Å²) in [6.45, 7) is 8.24. The minimum Gasteiger partial charge on any atom is -0.494 e. The molecule has 0 aliphatic carbocycles. The van der Waals surface area contributed by atoms with Crippen molar-refractivity contribution in [2.75, 3.05) is 39.2 Å². The van der Waals surface area contributed by atoms with Crippen LogP contribution in [-0.2, 0) is 9.53 Å². The first kappa shape index (κ1) is 21.5. The minimum atomic E-state index is -0.786. The minimum absolute atomic E-state index is 0.0950. The molecule has 1 aromatic carbocycles. The summed E-state index contributed by atoms with van der Waals surface area (Å²) >= 11 is 0. The molecule has 0 aliphatic heterocycles. The van der Waals surface area contributed by atoms with Crippen molar-refractivity contribution in [1.29, 1.82) is 0 Å². The van der Waals surface area contributed by atoms with Gasteiger partial charge in [0.1, 0.15) is 11.4 Å². The van der Waals surface area contributed by atoms with Crippen LogP contribution in [-0.4, -0.2) is 50.3 Å². The van der Waals surface area contributed by atoms with Crippen LogP contribution in [0.1, 0.15) is 46.5 Å². The number of benzene rings is 1. The quantitative estimate of drug-likeness (QED) is 0.580. The lowest BCUT2D eigenvalue weighted by atomic mass is 9.99. The van der Waals surface area contributed by atoms with E-state index in [-0.39, 0.29) is 5.91 Å². The van der Waals surface area contributed by atoms with Crippen LogP contribution in [0.25, 0.3) is 0 Å². The molecule has 0 aromatic heterocycles. The van der Waals surface area contributed by atoms with Gasteiger partial charge in [-0.2, -0.15) is 0 Å². The summed E-state index contributed by atoms with van der Waals surface area (Å²) in [5.74, 6) is 0.720. The van der Waals surface area contributed by atoms with Crippen molar-refractivity contribution in [3.8, 4) is 5.75 Å². The predicted octanol–water partition coefficient (Wildman–Crippen LogP) is 3.94. The van der Waals surface area contributed by atoms with E-state index in [2.05, 4.69) is 17.1 Å². The molecule has 0 radical (unpaired) electrons. The molecule has 25 heavy (non-hydrogen) atoms. The molecule has 0 bridgehead atoms. The summed E-state index contributed by atoms with van der Waals surface area (Å²) in [5.41, 5.74) is -0.0281. The molecule has 0 aliphatic rings. The van der Waals surface area contributed by atoms with E-state index in [1.165, 1.54) is 0 Å². The van der Waals surface area contributed by atoms with Gasteiger partial charge in [-0.15, -0.1) is 0 Å². The lowest BCUT2D eigenvalue weighted by Crippen LogP contribution is -2.43. The second-order valence-electron chi connectivity index (χ2n) is 6.81. The number of carbonyl (C=O) groups is 1. The predicted molar refractivity (Wildman–Crippen MR) is 103 cm³/mol. The van der Waals surface area contributed by atoms with Crippen molar-refractivity contribution in [2.45, 2.75) is 52.1 Å². The highest BCUT2D eigenvalue weighted by atomic mass is 16.5. The molecule has 0 saturated heterocycles. The van der Waals surface area contributed by atoms with Gasteiger partial charge < -0.3 is 19.7 Å². The third kappa shape index (κ3) is 7.88. The number of ether oxygens (including phenoxy) is 2. The molecule has 1 aromatic rings. The molecule has 1 atom stereocenters. The molecule has 1 rings (SSSR count). The fraction of sp³-hybridized carbons (Fsp3) is 0.650. The summed E-state index contributed by atoms with van der Waals surface area (Å²) in [6.07, 6.45) is 3.47. The highest BCUT2D eigenvalue weighted by molar-refractivity contribution is 5.97. The zero-order valence-electron chi connectivity index (χ0n) is 16.4. The van der Waals surface area contributed by atoms with Crippen LogP contribution in [0.3, 0.4) is 0 Å². The average molecular weight is 351 g/mol. The SMILES string of the molecule is CCCO[C@](C)(CCC)C(=O)Nc1ccc(OCCCN(C)C)cc1. The molecule has 142 valence electrons. The maximum absolute atomic E-state index is 12.6. The lowest BCUT2D eigenvalue weighted by molar-refractivity contribution is -0.140. The second-order valence-corrected chi connectivity index (χ2v) is 6.81. The average Bonchev–Trinajstić information content (AvgIpc) is 2.58. The summed E-state index contributed by atoms with van der Waals surface area (Å²) in [7, 11) is 4.10. The monoisotopic (exact) mass is 350 g/mol. The van der Waals surface area contributed by atoms with Crippen LogP contribution < -0.4 is 10.1 Å². The van der Waals surface area contributed by atoms with Gasteiger partial charge in [0.15, 0.2) is 0 Å². The molecular weight excluding hydrogens is 316 g/mol. The van der Waals surface area contributed by atoms with Gasteiger partial charge in [0.05, 0.1) is 6.61 Å². The van der Waals surface area contributed by atoms with Gasteiger partial charge in [-0.1, -0.05) is 20.3 Å². The van der Waals surface area contributed by atoms with E-state index in [0.717, 1.165) is 37.2 Å². The van der Waals surface area contributed by atoms with Gasteiger partial charge in [-0.05, 0) is 64.5 Å². The number of anilines is 1. The third-order valence-electron chi connectivity index (χ3n) is 3.96. The Morgan fingerprint density at radius 1 is 1.12 bits per heavy atom. The Kier molecular flexibility index (Phi) is 9.53. The Balaban J connectivity index is 2.56. The number of hydrogen-bond donors (Lipinski definition) is 1. The number of nitrogens with one attached hydrogen (secondary N) is 1. The smallest absolute Gasteiger partial charge is 0.256 e. The Bertz CT molecular complexity index is 502. The van der Waals surface area contributed by atoms with Crippen molar-refractivity contribution in [1.82, 2.24) is 4.90 Å². The number of rotatable bonds is 12. The van der Waals surface area contributed by atoms with E-state index in [0.29, 0.717) is 19.6 Å². The van der Waals surface area contributed by atoms with Crippen LogP contribution in [0.2, 0.25) is 0 Å². The van der Waals surface area contributed by atoms with Crippen LogP contribution >= 0.6 is 0 Å². The maximum atomic E-state index is 12.6. The normalized spacial score (nSPS) is 13.5. The maximum Gasteiger partial charge on any atom is 0.256 e. The molecule has 1 amide bonds. The topological polar surface area (TPSA) is 50.8 Å². The molecule has 5 nitrogen and oxygen atoms in total. The van der Waals surface area contributed by atoms with E-state index in [4.69, 9.17) is 9.47 Å². The fourth-order valence-corrected chi connectivity index (χ4v) is 2.52. The van der Waals surface area contributed by atoms with Gasteiger partial charge in [-0.3, -0.25) is 4.79 Å². The van der Waals surface area contributed by atoms with Gasteiger partial charge in [0.2, 0.25) is 0 Å². The van der Waals surface area contributed by atoms with Crippen molar-refractivity contribution in [3.05, 3.63) is 24.3 Å². The first-order chi connectivity index (χ1) is 11.9.